The summed E-state index contributed by atoms with van der Waals surface area (Å²) >= 11 is 0. The van der Waals surface area contributed by atoms with Crippen LogP contribution < -0.4 is 0 Å². The lowest BCUT2D eigenvalue weighted by Crippen LogP contribution is -2.16. The third kappa shape index (κ3) is 8.17. The Balaban J connectivity index is 1.19. The van der Waals surface area contributed by atoms with Gasteiger partial charge in [-0.15, -0.1) is 0 Å². The van der Waals surface area contributed by atoms with Gasteiger partial charge in [-0.25, -0.2) is 9.97 Å². The molecule has 0 fully saturated rings. The third-order valence-corrected chi connectivity index (χ3v) is 18.8. The predicted octanol–water partition coefficient (Wildman–Crippen LogP) is 22.0. The average Bonchev–Trinajstić information content (AvgIpc) is 1.42. The zero-order valence-corrected chi connectivity index (χ0v) is 51.8. The second-order valence-electron chi connectivity index (χ2n) is 25.2. The summed E-state index contributed by atoms with van der Waals surface area (Å²) in [5, 5.41) is 9.43. The molecular weight excluding hydrogens is 1090 g/mol. The molecule has 0 atom stereocenters. The number of aryl methyl sites for hydroxylation is 8. The number of hydrogen-bond acceptors (Lipinski definition) is 2. The molecule has 0 amide bonds. The molecule has 0 saturated heterocycles. The Morgan fingerprint density at radius 3 is 0.856 bits per heavy atom. The summed E-state index contributed by atoms with van der Waals surface area (Å²) in [6, 6.07) is 90.7. The average molecular weight is 1160 g/mol. The standard InChI is InChI=1S/C84H64N6/c1-49-23-33-71-62(41-49)63-42-50(2)24-34-72(63)87(71)81-79(60-22-16-15-21-59(60)61-31-32-70(57-17-11-9-12-18-57)85-80(61)58-19-13-10-14-20-58)82(88-73-35-25-51(3)43-64(73)65-44-52(4)26-36-74(65)88)84(90-77-39-29-55(7)47-68(77)69-48-56(8)30-40-78(69)90)86-83(81)89-75-37-27-53(5)45-66(75)67-46-54(6)28-38-76(67)89/h9-48H,1-8H3. The molecule has 0 bridgehead atoms. The van der Waals surface area contributed by atoms with Crippen LogP contribution in [0.2, 0.25) is 0 Å². The van der Waals surface area contributed by atoms with Gasteiger partial charge in [0.2, 0.25) is 0 Å². The van der Waals surface area contributed by atoms with Crippen molar-refractivity contribution in [1.82, 2.24) is 28.2 Å². The first-order valence-corrected chi connectivity index (χ1v) is 31.3. The maximum atomic E-state index is 6.63. The van der Waals surface area contributed by atoms with Crippen LogP contribution in [0.15, 0.2) is 243 Å². The lowest BCUT2D eigenvalue weighted by molar-refractivity contribution is 0.961. The van der Waals surface area contributed by atoms with E-state index in [-0.39, 0.29) is 0 Å². The highest BCUT2D eigenvalue weighted by atomic mass is 15.2. The van der Waals surface area contributed by atoms with E-state index in [4.69, 9.17) is 9.97 Å². The summed E-state index contributed by atoms with van der Waals surface area (Å²) in [6.07, 6.45) is 0. The van der Waals surface area contributed by atoms with Crippen molar-refractivity contribution in [3.05, 3.63) is 287 Å². The molecule has 6 aromatic heterocycles. The van der Waals surface area contributed by atoms with Crippen LogP contribution in [0.5, 0.6) is 0 Å². The Morgan fingerprint density at radius 1 is 0.233 bits per heavy atom. The van der Waals surface area contributed by atoms with Crippen LogP contribution in [0.25, 0.3) is 155 Å². The molecule has 0 unspecified atom stereocenters. The Kier molecular flexibility index (Phi) is 12.0. The first-order valence-electron chi connectivity index (χ1n) is 31.3. The normalized spacial score (nSPS) is 12.0. The van der Waals surface area contributed by atoms with Gasteiger partial charge in [0.1, 0.15) is 11.4 Å². The van der Waals surface area contributed by atoms with Crippen molar-refractivity contribution in [3.8, 4) is 67.8 Å². The number of benzene rings is 11. The molecule has 0 aliphatic carbocycles. The molecule has 6 nitrogen and oxygen atoms in total. The summed E-state index contributed by atoms with van der Waals surface area (Å²) in [7, 11) is 0. The van der Waals surface area contributed by atoms with Gasteiger partial charge >= 0.3 is 0 Å². The smallest absolute Gasteiger partial charge is 0.165 e. The van der Waals surface area contributed by atoms with E-state index >= 15 is 0 Å². The molecule has 0 saturated carbocycles. The second-order valence-corrected chi connectivity index (χ2v) is 25.2. The second kappa shape index (κ2) is 20.2. The van der Waals surface area contributed by atoms with Gasteiger partial charge in [0, 0.05) is 65.3 Å². The van der Waals surface area contributed by atoms with E-state index in [0.717, 1.165) is 112 Å². The Bertz CT molecular complexity index is 5360. The summed E-state index contributed by atoms with van der Waals surface area (Å²) in [5.74, 6) is 1.60. The van der Waals surface area contributed by atoms with Crippen LogP contribution in [0.1, 0.15) is 44.5 Å². The monoisotopic (exact) mass is 1160 g/mol. The number of rotatable bonds is 8. The van der Waals surface area contributed by atoms with Crippen molar-refractivity contribution >= 4 is 87.2 Å². The first-order chi connectivity index (χ1) is 43.9. The van der Waals surface area contributed by atoms with E-state index in [1.54, 1.807) is 0 Å². The van der Waals surface area contributed by atoms with Gasteiger partial charge in [-0.3, -0.25) is 9.13 Å². The predicted molar refractivity (Wildman–Crippen MR) is 379 cm³/mol. The summed E-state index contributed by atoms with van der Waals surface area (Å²) in [4.78, 5) is 12.3. The van der Waals surface area contributed by atoms with Gasteiger partial charge in [-0.05, 0) is 176 Å². The van der Waals surface area contributed by atoms with Crippen LogP contribution in [0, 0.1) is 55.4 Å². The molecule has 0 aliphatic heterocycles. The fourth-order valence-corrected chi connectivity index (χ4v) is 14.7. The highest BCUT2D eigenvalue weighted by molar-refractivity contribution is 6.17. The first kappa shape index (κ1) is 53.2. The number of pyridine rings is 2. The zero-order chi connectivity index (χ0) is 60.8. The van der Waals surface area contributed by atoms with E-state index in [0.29, 0.717) is 0 Å². The van der Waals surface area contributed by atoms with Crippen LogP contribution in [-0.2, 0) is 0 Å². The van der Waals surface area contributed by atoms with Gasteiger partial charge in [0.15, 0.2) is 11.6 Å². The fraction of sp³-hybridized carbons (Fsp3) is 0.0952. The van der Waals surface area contributed by atoms with E-state index < -0.39 is 0 Å². The van der Waals surface area contributed by atoms with Crippen molar-refractivity contribution < 1.29 is 0 Å². The quantitative estimate of drug-likeness (QED) is 0.152. The van der Waals surface area contributed by atoms with Crippen LogP contribution in [0.4, 0.5) is 0 Å². The van der Waals surface area contributed by atoms with Crippen LogP contribution in [0.3, 0.4) is 0 Å². The number of aromatic nitrogens is 6. The maximum absolute atomic E-state index is 6.63. The minimum Gasteiger partial charge on any atom is -0.305 e. The van der Waals surface area contributed by atoms with E-state index in [1.807, 2.05) is 0 Å². The largest absolute Gasteiger partial charge is 0.305 e. The molecule has 90 heavy (non-hydrogen) atoms. The van der Waals surface area contributed by atoms with Crippen molar-refractivity contribution in [3.63, 3.8) is 0 Å². The van der Waals surface area contributed by atoms with E-state index in [1.165, 1.54) is 87.6 Å². The maximum Gasteiger partial charge on any atom is 0.165 e. The lowest BCUT2D eigenvalue weighted by atomic mass is 9.89. The van der Waals surface area contributed by atoms with E-state index in [9.17, 15) is 0 Å². The van der Waals surface area contributed by atoms with Gasteiger partial charge < -0.3 is 9.13 Å². The van der Waals surface area contributed by atoms with Gasteiger partial charge in [-0.2, -0.15) is 0 Å². The van der Waals surface area contributed by atoms with Gasteiger partial charge in [-0.1, -0.05) is 178 Å². The van der Waals surface area contributed by atoms with Gasteiger partial charge in [0.05, 0.1) is 55.5 Å². The minimum atomic E-state index is 0.800. The minimum absolute atomic E-state index is 0.800. The molecule has 0 aliphatic rings. The number of nitrogens with zero attached hydrogens (tertiary/aromatic N) is 6. The number of fused-ring (bicyclic) bond motifs is 12. The molecule has 6 heteroatoms. The number of hydrogen-bond donors (Lipinski definition) is 0. The van der Waals surface area contributed by atoms with Crippen LogP contribution in [-0.4, -0.2) is 28.2 Å². The Labute approximate surface area is 522 Å². The molecular formula is C84H64N6. The summed E-state index contributed by atoms with van der Waals surface area (Å²) < 4.78 is 10.1. The third-order valence-electron chi connectivity index (χ3n) is 18.8. The topological polar surface area (TPSA) is 45.5 Å². The zero-order valence-electron chi connectivity index (χ0n) is 51.8. The van der Waals surface area contributed by atoms with Gasteiger partial charge in [0.25, 0.3) is 0 Å². The highest BCUT2D eigenvalue weighted by Gasteiger charge is 2.34. The van der Waals surface area contributed by atoms with Crippen molar-refractivity contribution in [2.75, 3.05) is 0 Å². The molecule has 0 radical (unpaired) electrons. The molecule has 11 aromatic carbocycles. The molecule has 0 spiro atoms. The van der Waals surface area contributed by atoms with Crippen molar-refractivity contribution in [2.45, 2.75) is 55.4 Å². The molecule has 17 rings (SSSR count). The highest BCUT2D eigenvalue weighted by Crippen LogP contribution is 2.52. The molecule has 430 valence electrons. The summed E-state index contributed by atoms with van der Waals surface area (Å²) in [6.45, 7) is 17.7. The lowest BCUT2D eigenvalue weighted by Gasteiger charge is -2.28. The Hall–Kier alpha value is -11.1. The summed E-state index contributed by atoms with van der Waals surface area (Å²) in [5.41, 5.74) is 28.1. The van der Waals surface area contributed by atoms with E-state index in [2.05, 4.69) is 316 Å². The molecule has 0 N–H and O–H groups in total. The van der Waals surface area contributed by atoms with Crippen molar-refractivity contribution in [1.29, 1.82) is 0 Å². The molecule has 6 heterocycles. The SMILES string of the molecule is Cc1ccc2c(c1)c1cc(C)ccc1n2-c1nc(-n2c3ccc(C)cc3c3cc(C)ccc32)c(-n2c3ccc(C)cc3c3cc(C)ccc32)c(-c2ccccc2-c2ccc(-c3ccccc3)nc2-c2ccccc2)c1-n1c2ccc(C)cc2c2cc(C)ccc21. The van der Waals surface area contributed by atoms with Crippen LogP contribution >= 0.6 is 0 Å². The fourth-order valence-electron chi connectivity index (χ4n) is 14.7. The molecule has 17 aromatic rings. The van der Waals surface area contributed by atoms with Crippen molar-refractivity contribution in [2.24, 2.45) is 0 Å². The Morgan fingerprint density at radius 2 is 0.522 bits per heavy atom.